The van der Waals surface area contributed by atoms with Crippen LogP contribution in [0, 0.1) is 5.92 Å². The van der Waals surface area contributed by atoms with Gasteiger partial charge in [0.25, 0.3) is 0 Å². The van der Waals surface area contributed by atoms with Crippen LogP contribution in [0.15, 0.2) is 60.7 Å². The maximum atomic E-state index is 12.4. The van der Waals surface area contributed by atoms with Gasteiger partial charge in [0, 0.05) is 0 Å². The molecule has 1 aliphatic rings. The fourth-order valence-electron chi connectivity index (χ4n) is 2.62. The van der Waals surface area contributed by atoms with E-state index in [0.717, 1.165) is 11.1 Å². The Morgan fingerprint density at radius 3 is 2.00 bits per heavy atom. The van der Waals surface area contributed by atoms with Gasteiger partial charge in [-0.3, -0.25) is 4.79 Å². The van der Waals surface area contributed by atoms with Crippen LogP contribution >= 0.6 is 0 Å². The lowest BCUT2D eigenvalue weighted by Crippen LogP contribution is -2.37. The molecule has 0 heterocycles. The molecule has 0 bridgehead atoms. The number of rotatable bonds is 5. The zero-order valence-electron chi connectivity index (χ0n) is 11.9. The second kappa shape index (κ2) is 6.10. The molecular weight excluding hydrogens is 260 g/mol. The largest absolute Gasteiger partial charge is 0.347 e. The number of benzene rings is 2. The number of carbonyl (C=O) groups excluding carboxylic acids is 1. The van der Waals surface area contributed by atoms with E-state index in [1.165, 1.54) is 12.8 Å². The summed E-state index contributed by atoms with van der Waals surface area (Å²) < 4.78 is 0. The first-order valence-corrected chi connectivity index (χ1v) is 7.41. The van der Waals surface area contributed by atoms with E-state index >= 15 is 0 Å². The lowest BCUT2D eigenvalue weighted by atomic mass is 10.0. The highest BCUT2D eigenvalue weighted by Crippen LogP contribution is 2.41. The van der Waals surface area contributed by atoms with Crippen LogP contribution in [0.25, 0.3) is 0 Å². The maximum absolute atomic E-state index is 12.4. The van der Waals surface area contributed by atoms with Crippen LogP contribution in [0.3, 0.4) is 0 Å². The van der Waals surface area contributed by atoms with Gasteiger partial charge in [0.1, 0.15) is 6.04 Å². The van der Waals surface area contributed by atoms with Gasteiger partial charge in [-0.15, -0.1) is 0 Å². The van der Waals surface area contributed by atoms with Crippen molar-refractivity contribution >= 4 is 5.91 Å². The monoisotopic (exact) mass is 280 g/mol. The molecule has 3 N–H and O–H groups in total. The van der Waals surface area contributed by atoms with Crippen molar-refractivity contribution in [2.75, 3.05) is 0 Å². The molecule has 1 fully saturated rings. The average Bonchev–Trinajstić information content (AvgIpc) is 3.38. The third kappa shape index (κ3) is 3.31. The fourth-order valence-corrected chi connectivity index (χ4v) is 2.62. The summed E-state index contributed by atoms with van der Waals surface area (Å²) in [5.74, 6) is 0.432. The predicted octanol–water partition coefficient (Wildman–Crippen LogP) is 2.95. The number of nitrogens with two attached hydrogens (primary N) is 1. The summed E-state index contributed by atoms with van der Waals surface area (Å²) in [5, 5.41) is 3.13. The van der Waals surface area contributed by atoms with Crippen LogP contribution in [0.4, 0.5) is 0 Å². The molecule has 108 valence electrons. The highest BCUT2D eigenvalue weighted by atomic mass is 16.2. The molecule has 3 rings (SSSR count). The molecule has 2 aromatic rings. The molecule has 2 atom stereocenters. The molecule has 21 heavy (non-hydrogen) atoms. The molecule has 0 spiro atoms. The molecule has 0 saturated heterocycles. The molecule has 3 heteroatoms. The average molecular weight is 280 g/mol. The lowest BCUT2D eigenvalue weighted by Gasteiger charge is -2.21. The van der Waals surface area contributed by atoms with Gasteiger partial charge in [-0.1, -0.05) is 60.7 Å². The van der Waals surface area contributed by atoms with Crippen molar-refractivity contribution in [2.24, 2.45) is 11.7 Å². The van der Waals surface area contributed by atoms with Gasteiger partial charge >= 0.3 is 0 Å². The van der Waals surface area contributed by atoms with E-state index in [2.05, 4.69) is 17.4 Å². The Morgan fingerprint density at radius 2 is 1.48 bits per heavy atom. The molecule has 1 amide bonds. The van der Waals surface area contributed by atoms with E-state index in [0.29, 0.717) is 5.92 Å². The number of nitrogens with one attached hydrogen (secondary N) is 1. The first kappa shape index (κ1) is 13.8. The molecule has 0 radical (unpaired) electrons. The molecular formula is C18H20N2O. The smallest absolute Gasteiger partial charge is 0.242 e. The zero-order valence-corrected chi connectivity index (χ0v) is 11.9. The summed E-state index contributed by atoms with van der Waals surface area (Å²) in [6.45, 7) is 0. The molecule has 2 unspecified atom stereocenters. The quantitative estimate of drug-likeness (QED) is 0.884. The van der Waals surface area contributed by atoms with E-state index in [4.69, 9.17) is 5.73 Å². The van der Waals surface area contributed by atoms with Crippen molar-refractivity contribution in [3.63, 3.8) is 0 Å². The van der Waals surface area contributed by atoms with Crippen molar-refractivity contribution < 1.29 is 4.79 Å². The Labute approximate surface area is 125 Å². The molecule has 1 saturated carbocycles. The summed E-state index contributed by atoms with van der Waals surface area (Å²) in [6, 6.07) is 19.1. The van der Waals surface area contributed by atoms with Crippen LogP contribution in [-0.4, -0.2) is 5.91 Å². The van der Waals surface area contributed by atoms with Crippen molar-refractivity contribution in [3.8, 4) is 0 Å². The predicted molar refractivity (Wildman–Crippen MR) is 83.4 cm³/mol. The van der Waals surface area contributed by atoms with Gasteiger partial charge < -0.3 is 11.1 Å². The zero-order chi connectivity index (χ0) is 14.7. The van der Waals surface area contributed by atoms with Gasteiger partial charge in [0.2, 0.25) is 5.91 Å². The number of amides is 1. The van der Waals surface area contributed by atoms with Gasteiger partial charge in [-0.25, -0.2) is 0 Å². The van der Waals surface area contributed by atoms with E-state index in [1.54, 1.807) is 0 Å². The SMILES string of the molecule is NC(C(=O)NC(c1ccccc1)C1CC1)c1ccccc1. The Kier molecular flexibility index (Phi) is 4.02. The van der Waals surface area contributed by atoms with Gasteiger partial charge in [-0.05, 0) is 29.9 Å². The number of hydrogen-bond acceptors (Lipinski definition) is 2. The Morgan fingerprint density at radius 1 is 0.952 bits per heavy atom. The van der Waals surface area contributed by atoms with E-state index < -0.39 is 6.04 Å². The highest BCUT2D eigenvalue weighted by molar-refractivity contribution is 5.83. The first-order valence-electron chi connectivity index (χ1n) is 7.41. The van der Waals surface area contributed by atoms with Gasteiger partial charge in [0.15, 0.2) is 0 Å². The molecule has 1 aliphatic carbocycles. The number of hydrogen-bond donors (Lipinski definition) is 2. The van der Waals surface area contributed by atoms with Crippen molar-refractivity contribution in [1.29, 1.82) is 0 Å². The third-order valence-electron chi connectivity index (χ3n) is 3.99. The van der Waals surface area contributed by atoms with Crippen molar-refractivity contribution in [1.82, 2.24) is 5.32 Å². The van der Waals surface area contributed by atoms with Crippen LogP contribution < -0.4 is 11.1 Å². The summed E-state index contributed by atoms with van der Waals surface area (Å²) >= 11 is 0. The summed E-state index contributed by atoms with van der Waals surface area (Å²) in [7, 11) is 0. The Hall–Kier alpha value is -2.13. The normalized spacial score (nSPS) is 17.0. The van der Waals surface area contributed by atoms with Crippen molar-refractivity contribution in [3.05, 3.63) is 71.8 Å². The van der Waals surface area contributed by atoms with E-state index in [-0.39, 0.29) is 11.9 Å². The lowest BCUT2D eigenvalue weighted by molar-refractivity contribution is -0.123. The Bertz CT molecular complexity index is 593. The fraction of sp³-hybridized carbons (Fsp3) is 0.278. The standard InChI is InChI=1S/C18H20N2O/c19-16(13-7-3-1-4-8-13)18(21)20-17(15-11-12-15)14-9-5-2-6-10-14/h1-10,15-17H,11-12,19H2,(H,20,21). The molecule has 3 nitrogen and oxygen atoms in total. The summed E-state index contributed by atoms with van der Waals surface area (Å²) in [6.07, 6.45) is 2.33. The minimum atomic E-state index is -0.615. The summed E-state index contributed by atoms with van der Waals surface area (Å²) in [5.41, 5.74) is 8.08. The minimum Gasteiger partial charge on any atom is -0.347 e. The van der Waals surface area contributed by atoms with Crippen LogP contribution in [-0.2, 0) is 4.79 Å². The van der Waals surface area contributed by atoms with Gasteiger partial charge in [0.05, 0.1) is 6.04 Å². The summed E-state index contributed by atoms with van der Waals surface area (Å²) in [4.78, 5) is 12.4. The van der Waals surface area contributed by atoms with Crippen LogP contribution in [0.1, 0.15) is 36.1 Å². The van der Waals surface area contributed by atoms with E-state index in [9.17, 15) is 4.79 Å². The molecule has 2 aromatic carbocycles. The van der Waals surface area contributed by atoms with Crippen LogP contribution in [0.2, 0.25) is 0 Å². The molecule has 0 aromatic heterocycles. The first-order chi connectivity index (χ1) is 10.3. The van der Waals surface area contributed by atoms with Crippen LogP contribution in [0.5, 0.6) is 0 Å². The highest BCUT2D eigenvalue weighted by Gasteiger charge is 2.34. The van der Waals surface area contributed by atoms with Crippen molar-refractivity contribution in [2.45, 2.75) is 24.9 Å². The molecule has 0 aliphatic heterocycles. The number of carbonyl (C=O) groups is 1. The second-order valence-electron chi connectivity index (χ2n) is 5.62. The minimum absolute atomic E-state index is 0.0773. The topological polar surface area (TPSA) is 55.1 Å². The third-order valence-corrected chi connectivity index (χ3v) is 3.99. The second-order valence-corrected chi connectivity index (χ2v) is 5.62. The van der Waals surface area contributed by atoms with E-state index in [1.807, 2.05) is 48.5 Å². The van der Waals surface area contributed by atoms with Gasteiger partial charge in [-0.2, -0.15) is 0 Å². The Balaban J connectivity index is 1.73. The maximum Gasteiger partial charge on any atom is 0.242 e.